The minimum absolute atomic E-state index is 0. The molecule has 0 saturated carbocycles. The topological polar surface area (TPSA) is 52.5 Å². The Balaban J connectivity index is 0.00000312. The van der Waals surface area contributed by atoms with Crippen LogP contribution in [0.4, 0.5) is 0 Å². The van der Waals surface area contributed by atoms with Crippen LogP contribution in [-0.2, 0) is 6.42 Å². The smallest absolute Gasteiger partial charge is 0.191 e. The molecule has 7 heteroatoms. The lowest BCUT2D eigenvalue weighted by Gasteiger charge is -2.33. The summed E-state index contributed by atoms with van der Waals surface area (Å²) in [5.74, 6) is 0.956. The lowest BCUT2D eigenvalue weighted by Crippen LogP contribution is -2.48. The van der Waals surface area contributed by atoms with Gasteiger partial charge in [-0.3, -0.25) is 4.99 Å². The minimum atomic E-state index is 0. The number of hydrogen-bond donors (Lipinski definition) is 2. The molecule has 5 nitrogen and oxygen atoms in total. The highest BCUT2D eigenvalue weighted by molar-refractivity contribution is 14.0. The average Bonchev–Trinajstić information content (AvgIpc) is 3.00. The largest absolute Gasteiger partial charge is 0.357 e. The first-order valence-corrected chi connectivity index (χ1v) is 10.2. The van der Waals surface area contributed by atoms with Gasteiger partial charge in [-0.05, 0) is 39.7 Å². The van der Waals surface area contributed by atoms with Crippen LogP contribution in [0.15, 0.2) is 11.2 Å². The SMILES string of the molecule is CCCCN1CCC(NC(=NCCc2ncc(C)s2)NCC)CC1.I. The maximum absolute atomic E-state index is 4.73. The Hall–Kier alpha value is -0.410. The highest BCUT2D eigenvalue weighted by Crippen LogP contribution is 2.12. The second kappa shape index (κ2) is 12.9. The van der Waals surface area contributed by atoms with Crippen molar-refractivity contribution in [2.24, 2.45) is 4.99 Å². The number of aryl methyl sites for hydroxylation is 1. The number of rotatable bonds is 8. The quantitative estimate of drug-likeness (QED) is 0.341. The van der Waals surface area contributed by atoms with E-state index in [1.165, 1.54) is 55.2 Å². The van der Waals surface area contributed by atoms with Gasteiger partial charge < -0.3 is 15.5 Å². The molecule has 0 spiro atoms. The number of nitrogens with zero attached hydrogens (tertiary/aromatic N) is 3. The second-order valence-corrected chi connectivity index (χ2v) is 7.81. The second-order valence-electron chi connectivity index (χ2n) is 6.49. The minimum Gasteiger partial charge on any atom is -0.357 e. The van der Waals surface area contributed by atoms with Gasteiger partial charge in [0.2, 0.25) is 0 Å². The van der Waals surface area contributed by atoms with Crippen molar-refractivity contribution in [2.45, 2.75) is 58.9 Å². The molecule has 144 valence electrons. The van der Waals surface area contributed by atoms with E-state index in [0.29, 0.717) is 6.04 Å². The van der Waals surface area contributed by atoms with Crippen LogP contribution >= 0.6 is 35.3 Å². The molecule has 1 fully saturated rings. The zero-order valence-electron chi connectivity index (χ0n) is 15.9. The van der Waals surface area contributed by atoms with Crippen molar-refractivity contribution >= 4 is 41.3 Å². The molecular weight excluding hydrogens is 445 g/mol. The Bertz CT molecular complexity index is 497. The number of aromatic nitrogens is 1. The molecule has 1 aromatic heterocycles. The Morgan fingerprint density at radius 3 is 2.72 bits per heavy atom. The van der Waals surface area contributed by atoms with Gasteiger partial charge in [0.15, 0.2) is 5.96 Å². The lowest BCUT2D eigenvalue weighted by atomic mass is 10.0. The molecule has 0 bridgehead atoms. The summed E-state index contributed by atoms with van der Waals surface area (Å²) in [7, 11) is 0. The number of halogens is 1. The molecule has 1 aromatic rings. The van der Waals surface area contributed by atoms with Crippen molar-refractivity contribution in [1.82, 2.24) is 20.5 Å². The summed E-state index contributed by atoms with van der Waals surface area (Å²) in [6.07, 6.45) is 7.89. The third kappa shape index (κ3) is 8.68. The van der Waals surface area contributed by atoms with E-state index in [-0.39, 0.29) is 24.0 Å². The van der Waals surface area contributed by atoms with Crippen LogP contribution in [0.3, 0.4) is 0 Å². The highest BCUT2D eigenvalue weighted by atomic mass is 127. The summed E-state index contributed by atoms with van der Waals surface area (Å²) in [6, 6.07) is 0.544. The molecule has 2 heterocycles. The van der Waals surface area contributed by atoms with E-state index in [9.17, 15) is 0 Å². The molecule has 25 heavy (non-hydrogen) atoms. The van der Waals surface area contributed by atoms with Crippen LogP contribution in [0, 0.1) is 6.92 Å². The number of likely N-dealkylation sites (tertiary alicyclic amines) is 1. The first-order chi connectivity index (χ1) is 11.7. The van der Waals surface area contributed by atoms with Crippen molar-refractivity contribution in [3.05, 3.63) is 16.1 Å². The van der Waals surface area contributed by atoms with Crippen LogP contribution in [0.25, 0.3) is 0 Å². The molecule has 0 aliphatic carbocycles. The van der Waals surface area contributed by atoms with Gasteiger partial charge in [0.25, 0.3) is 0 Å². The van der Waals surface area contributed by atoms with Crippen LogP contribution in [0.1, 0.15) is 49.4 Å². The number of aliphatic imine (C=N–C) groups is 1. The van der Waals surface area contributed by atoms with Gasteiger partial charge >= 0.3 is 0 Å². The molecule has 0 radical (unpaired) electrons. The van der Waals surface area contributed by atoms with Gasteiger partial charge in [0.05, 0.1) is 5.01 Å². The number of guanidine groups is 1. The number of thiazole rings is 1. The number of nitrogens with one attached hydrogen (secondary N) is 2. The Morgan fingerprint density at radius 2 is 2.12 bits per heavy atom. The molecule has 0 unspecified atom stereocenters. The predicted octanol–water partition coefficient (Wildman–Crippen LogP) is 3.43. The van der Waals surface area contributed by atoms with Crippen LogP contribution in [0.5, 0.6) is 0 Å². The molecule has 1 aliphatic rings. The van der Waals surface area contributed by atoms with Crippen LogP contribution < -0.4 is 10.6 Å². The Kier molecular flexibility index (Phi) is 11.6. The fourth-order valence-corrected chi connectivity index (χ4v) is 3.75. The molecule has 0 amide bonds. The van der Waals surface area contributed by atoms with Gasteiger partial charge in [-0.15, -0.1) is 35.3 Å². The summed E-state index contributed by atoms with van der Waals surface area (Å²) < 4.78 is 0. The number of piperidine rings is 1. The monoisotopic (exact) mass is 479 g/mol. The van der Waals surface area contributed by atoms with Crippen molar-refractivity contribution < 1.29 is 0 Å². The average molecular weight is 479 g/mol. The molecule has 2 N–H and O–H groups in total. The van der Waals surface area contributed by atoms with Crippen LogP contribution in [0.2, 0.25) is 0 Å². The summed E-state index contributed by atoms with van der Waals surface area (Å²) >= 11 is 1.77. The molecule has 1 aliphatic heterocycles. The Morgan fingerprint density at radius 1 is 1.36 bits per heavy atom. The van der Waals surface area contributed by atoms with Gasteiger partial charge in [-0.25, -0.2) is 4.98 Å². The van der Waals surface area contributed by atoms with E-state index >= 15 is 0 Å². The van der Waals surface area contributed by atoms with Crippen molar-refractivity contribution in [2.75, 3.05) is 32.7 Å². The molecule has 0 atom stereocenters. The van der Waals surface area contributed by atoms with E-state index in [1.54, 1.807) is 11.3 Å². The Labute approximate surface area is 174 Å². The maximum atomic E-state index is 4.73. The third-order valence-electron chi connectivity index (χ3n) is 4.37. The first kappa shape index (κ1) is 22.6. The zero-order chi connectivity index (χ0) is 17.2. The first-order valence-electron chi connectivity index (χ1n) is 9.39. The van der Waals surface area contributed by atoms with Crippen molar-refractivity contribution in [3.63, 3.8) is 0 Å². The third-order valence-corrected chi connectivity index (χ3v) is 5.34. The van der Waals surface area contributed by atoms with E-state index in [0.717, 1.165) is 25.5 Å². The van der Waals surface area contributed by atoms with Crippen molar-refractivity contribution in [3.8, 4) is 0 Å². The lowest BCUT2D eigenvalue weighted by molar-refractivity contribution is 0.203. The number of unbranched alkanes of at least 4 members (excludes halogenated alkanes) is 1. The maximum Gasteiger partial charge on any atom is 0.191 e. The van der Waals surface area contributed by atoms with Crippen molar-refractivity contribution in [1.29, 1.82) is 0 Å². The zero-order valence-corrected chi connectivity index (χ0v) is 19.0. The standard InChI is InChI=1S/C18H33N5S.HI/c1-4-6-11-23-12-8-16(9-13-23)22-18(19-5-2)20-10-7-17-21-14-15(3)24-17;/h14,16H,4-13H2,1-3H3,(H2,19,20,22);1H. The number of hydrogen-bond acceptors (Lipinski definition) is 4. The molecule has 1 saturated heterocycles. The van der Waals surface area contributed by atoms with E-state index < -0.39 is 0 Å². The summed E-state index contributed by atoms with van der Waals surface area (Å²) in [4.78, 5) is 13.0. The fourth-order valence-electron chi connectivity index (χ4n) is 2.98. The summed E-state index contributed by atoms with van der Waals surface area (Å²) in [6.45, 7) is 11.8. The van der Waals surface area contributed by atoms with Gasteiger partial charge in [-0.1, -0.05) is 13.3 Å². The van der Waals surface area contributed by atoms with E-state index in [4.69, 9.17) is 4.99 Å². The molecule has 0 aromatic carbocycles. The van der Waals surface area contributed by atoms with Gasteiger partial charge in [0.1, 0.15) is 0 Å². The van der Waals surface area contributed by atoms with Gasteiger partial charge in [-0.2, -0.15) is 0 Å². The van der Waals surface area contributed by atoms with Gasteiger partial charge in [0, 0.05) is 49.7 Å². The highest BCUT2D eigenvalue weighted by Gasteiger charge is 2.19. The fraction of sp³-hybridized carbons (Fsp3) is 0.778. The van der Waals surface area contributed by atoms with E-state index in [1.807, 2.05) is 6.20 Å². The predicted molar refractivity (Wildman–Crippen MR) is 119 cm³/mol. The molecular formula is C18H34IN5S. The summed E-state index contributed by atoms with van der Waals surface area (Å²) in [5, 5.41) is 8.17. The molecule has 2 rings (SSSR count). The summed E-state index contributed by atoms with van der Waals surface area (Å²) in [5.41, 5.74) is 0. The van der Waals surface area contributed by atoms with E-state index in [2.05, 4.69) is 41.3 Å². The normalized spacial score (nSPS) is 16.5. The van der Waals surface area contributed by atoms with Crippen LogP contribution in [-0.4, -0.2) is 54.6 Å².